The van der Waals surface area contributed by atoms with Crippen molar-refractivity contribution in [3.05, 3.63) is 35.1 Å². The number of aliphatic hydroxyl groups is 1. The zero-order chi connectivity index (χ0) is 14.8. The second-order valence-corrected chi connectivity index (χ2v) is 6.13. The van der Waals surface area contributed by atoms with Gasteiger partial charge in [0.2, 0.25) is 0 Å². The molecule has 1 saturated carbocycles. The van der Waals surface area contributed by atoms with E-state index in [9.17, 15) is 9.50 Å². The molecule has 0 radical (unpaired) electrons. The Hall–Kier alpha value is -0.930. The van der Waals surface area contributed by atoms with Crippen LogP contribution in [-0.2, 0) is 4.74 Å². The van der Waals surface area contributed by atoms with Crippen LogP contribution in [0, 0.1) is 18.7 Å². The van der Waals surface area contributed by atoms with Crippen molar-refractivity contribution in [3.8, 4) is 0 Å². The monoisotopic (exact) mass is 280 g/mol. The number of ether oxygens (including phenoxy) is 1. The molecule has 3 unspecified atom stereocenters. The average Bonchev–Trinajstić information content (AvgIpc) is 2.41. The van der Waals surface area contributed by atoms with E-state index in [0.717, 1.165) is 31.2 Å². The van der Waals surface area contributed by atoms with E-state index in [2.05, 4.69) is 6.92 Å². The van der Waals surface area contributed by atoms with Crippen LogP contribution in [-0.4, -0.2) is 17.3 Å². The van der Waals surface area contributed by atoms with E-state index >= 15 is 0 Å². The van der Waals surface area contributed by atoms with Crippen molar-refractivity contribution >= 4 is 0 Å². The predicted octanol–water partition coefficient (Wildman–Crippen LogP) is 4.15. The third-order valence-corrected chi connectivity index (χ3v) is 4.37. The third-order valence-electron chi connectivity index (χ3n) is 4.37. The summed E-state index contributed by atoms with van der Waals surface area (Å²) in [6, 6.07) is 4.89. The van der Waals surface area contributed by atoms with E-state index in [1.807, 2.05) is 13.8 Å². The first-order valence-corrected chi connectivity index (χ1v) is 7.56. The van der Waals surface area contributed by atoms with Gasteiger partial charge in [0.25, 0.3) is 0 Å². The zero-order valence-electron chi connectivity index (χ0n) is 12.7. The third kappa shape index (κ3) is 3.04. The summed E-state index contributed by atoms with van der Waals surface area (Å²) in [5.41, 5.74) is 0.685. The van der Waals surface area contributed by atoms with Crippen LogP contribution < -0.4 is 0 Å². The van der Waals surface area contributed by atoms with E-state index in [-0.39, 0.29) is 5.82 Å². The normalized spacial score (nSPS) is 28.4. The molecular weight excluding hydrogens is 255 g/mol. The minimum absolute atomic E-state index is 0.347. The molecule has 3 atom stereocenters. The number of hydrogen-bond acceptors (Lipinski definition) is 2. The maximum atomic E-state index is 14.1. The van der Waals surface area contributed by atoms with Crippen molar-refractivity contribution in [2.45, 2.75) is 58.2 Å². The smallest absolute Gasteiger partial charge is 0.129 e. The van der Waals surface area contributed by atoms with Gasteiger partial charge in [0.05, 0.1) is 5.60 Å². The van der Waals surface area contributed by atoms with Gasteiger partial charge in [0.1, 0.15) is 11.9 Å². The lowest BCUT2D eigenvalue weighted by atomic mass is 9.73. The molecule has 0 amide bonds. The Labute approximate surface area is 121 Å². The molecular formula is C17H25FO2. The van der Waals surface area contributed by atoms with Gasteiger partial charge in [-0.05, 0) is 38.7 Å². The molecule has 3 heteroatoms. The first-order chi connectivity index (χ1) is 9.48. The molecule has 0 bridgehead atoms. The molecule has 0 heterocycles. The maximum Gasteiger partial charge on any atom is 0.129 e. The lowest BCUT2D eigenvalue weighted by molar-refractivity contribution is -0.150. The molecule has 2 rings (SSSR count). The topological polar surface area (TPSA) is 29.5 Å². The molecule has 1 aliphatic rings. The van der Waals surface area contributed by atoms with Gasteiger partial charge in [-0.25, -0.2) is 4.39 Å². The van der Waals surface area contributed by atoms with Gasteiger partial charge in [-0.3, -0.25) is 0 Å². The Kier molecular flexibility index (Phi) is 4.82. The van der Waals surface area contributed by atoms with Crippen molar-refractivity contribution in [1.29, 1.82) is 0 Å². The van der Waals surface area contributed by atoms with Crippen molar-refractivity contribution in [2.24, 2.45) is 5.92 Å². The highest BCUT2D eigenvalue weighted by atomic mass is 19.1. The van der Waals surface area contributed by atoms with Crippen LogP contribution >= 0.6 is 0 Å². The van der Waals surface area contributed by atoms with Crippen LogP contribution in [0.2, 0.25) is 0 Å². The summed E-state index contributed by atoms with van der Waals surface area (Å²) in [6.45, 7) is 6.55. The average molecular weight is 280 g/mol. The standard InChI is InChI=1S/C17H25FO2/c1-4-20-17(9-5-6-13(3)11-17)16(19)14-10-12(2)7-8-15(14)18/h7-8,10,13,16,19H,4-6,9,11H2,1-3H3. The molecule has 0 aromatic heterocycles. The van der Waals surface area contributed by atoms with E-state index in [0.29, 0.717) is 18.1 Å². The molecule has 0 spiro atoms. The molecule has 2 nitrogen and oxygen atoms in total. The molecule has 0 aliphatic heterocycles. The van der Waals surface area contributed by atoms with Gasteiger partial charge in [0.15, 0.2) is 0 Å². The van der Waals surface area contributed by atoms with Gasteiger partial charge < -0.3 is 9.84 Å². The Morgan fingerprint density at radius 1 is 1.50 bits per heavy atom. The summed E-state index contributed by atoms with van der Waals surface area (Å²) >= 11 is 0. The Morgan fingerprint density at radius 3 is 2.90 bits per heavy atom. The number of rotatable bonds is 4. The van der Waals surface area contributed by atoms with Crippen molar-refractivity contribution < 1.29 is 14.2 Å². The fraction of sp³-hybridized carbons (Fsp3) is 0.647. The molecule has 20 heavy (non-hydrogen) atoms. The molecule has 1 aliphatic carbocycles. The zero-order valence-corrected chi connectivity index (χ0v) is 12.7. The minimum atomic E-state index is -0.898. The van der Waals surface area contributed by atoms with Crippen molar-refractivity contribution in [3.63, 3.8) is 0 Å². The van der Waals surface area contributed by atoms with Crippen LogP contribution in [0.1, 0.15) is 56.8 Å². The largest absolute Gasteiger partial charge is 0.385 e. The maximum absolute atomic E-state index is 14.1. The minimum Gasteiger partial charge on any atom is -0.385 e. The number of hydrogen-bond donors (Lipinski definition) is 1. The summed E-state index contributed by atoms with van der Waals surface area (Å²) < 4.78 is 20.0. The van der Waals surface area contributed by atoms with E-state index in [1.165, 1.54) is 6.07 Å². The molecule has 0 saturated heterocycles. The first-order valence-electron chi connectivity index (χ1n) is 7.56. The summed E-state index contributed by atoms with van der Waals surface area (Å²) in [5.74, 6) is 0.151. The number of aryl methyl sites for hydroxylation is 1. The lowest BCUT2D eigenvalue weighted by Crippen LogP contribution is -2.44. The van der Waals surface area contributed by atoms with Crippen LogP contribution in [0.3, 0.4) is 0 Å². The van der Waals surface area contributed by atoms with E-state index in [4.69, 9.17) is 4.74 Å². The lowest BCUT2D eigenvalue weighted by Gasteiger charge is -2.43. The van der Waals surface area contributed by atoms with Crippen LogP contribution in [0.15, 0.2) is 18.2 Å². The van der Waals surface area contributed by atoms with Crippen LogP contribution in [0.5, 0.6) is 0 Å². The predicted molar refractivity (Wildman–Crippen MR) is 78.1 cm³/mol. The van der Waals surface area contributed by atoms with Gasteiger partial charge in [-0.15, -0.1) is 0 Å². The highest BCUT2D eigenvalue weighted by molar-refractivity contribution is 5.28. The van der Waals surface area contributed by atoms with Gasteiger partial charge >= 0.3 is 0 Å². The first kappa shape index (κ1) is 15.5. The summed E-state index contributed by atoms with van der Waals surface area (Å²) in [4.78, 5) is 0. The number of aliphatic hydroxyl groups excluding tert-OH is 1. The Morgan fingerprint density at radius 2 is 2.25 bits per heavy atom. The molecule has 1 N–H and O–H groups in total. The van der Waals surface area contributed by atoms with Gasteiger partial charge in [-0.2, -0.15) is 0 Å². The van der Waals surface area contributed by atoms with E-state index in [1.54, 1.807) is 12.1 Å². The van der Waals surface area contributed by atoms with Crippen molar-refractivity contribution in [1.82, 2.24) is 0 Å². The highest BCUT2D eigenvalue weighted by Crippen LogP contribution is 2.44. The fourth-order valence-corrected chi connectivity index (χ4v) is 3.45. The quantitative estimate of drug-likeness (QED) is 0.897. The second kappa shape index (κ2) is 6.23. The molecule has 1 aromatic rings. The van der Waals surface area contributed by atoms with Crippen LogP contribution in [0.4, 0.5) is 4.39 Å². The summed E-state index contributed by atoms with van der Waals surface area (Å²) in [5, 5.41) is 10.8. The summed E-state index contributed by atoms with van der Waals surface area (Å²) in [7, 11) is 0. The van der Waals surface area contributed by atoms with Gasteiger partial charge in [0, 0.05) is 12.2 Å². The van der Waals surface area contributed by atoms with Gasteiger partial charge in [-0.1, -0.05) is 37.5 Å². The number of halogens is 1. The Bertz CT molecular complexity index is 456. The Balaban J connectivity index is 2.35. The number of benzene rings is 1. The van der Waals surface area contributed by atoms with Crippen molar-refractivity contribution in [2.75, 3.05) is 6.61 Å². The molecule has 1 aromatic carbocycles. The molecule has 112 valence electrons. The SMILES string of the molecule is CCOC1(C(O)c2cc(C)ccc2F)CCCC(C)C1. The molecule has 1 fully saturated rings. The highest BCUT2D eigenvalue weighted by Gasteiger charge is 2.43. The summed E-state index contributed by atoms with van der Waals surface area (Å²) in [6.07, 6.45) is 2.85. The fourth-order valence-electron chi connectivity index (χ4n) is 3.45. The van der Waals surface area contributed by atoms with E-state index < -0.39 is 11.7 Å². The second-order valence-electron chi connectivity index (χ2n) is 6.13. The van der Waals surface area contributed by atoms with Crippen LogP contribution in [0.25, 0.3) is 0 Å².